The predicted octanol–water partition coefficient (Wildman–Crippen LogP) is 2.17. The average Bonchev–Trinajstić information content (AvgIpc) is 2.41. The van der Waals surface area contributed by atoms with Crippen LogP contribution < -0.4 is 10.6 Å². The molecule has 0 heterocycles. The fourth-order valence-corrected chi connectivity index (χ4v) is 2.15. The van der Waals surface area contributed by atoms with E-state index in [1.165, 1.54) is 0 Å². The molecule has 5 heteroatoms. The monoisotopic (exact) mass is 294 g/mol. The van der Waals surface area contributed by atoms with E-state index >= 15 is 0 Å². The lowest BCUT2D eigenvalue weighted by Gasteiger charge is -2.29. The maximum absolute atomic E-state index is 12.0. The van der Waals surface area contributed by atoms with Crippen LogP contribution in [0.5, 0.6) is 5.75 Å². The van der Waals surface area contributed by atoms with E-state index in [2.05, 4.69) is 10.6 Å². The van der Waals surface area contributed by atoms with Gasteiger partial charge in [-0.25, -0.2) is 4.79 Å². The van der Waals surface area contributed by atoms with Gasteiger partial charge in [-0.1, -0.05) is 19.1 Å². The Morgan fingerprint density at radius 3 is 2.48 bits per heavy atom. The Morgan fingerprint density at radius 2 is 1.95 bits per heavy atom. The molecule has 0 aliphatic carbocycles. The van der Waals surface area contributed by atoms with Gasteiger partial charge in [-0.05, 0) is 50.8 Å². The molecule has 0 spiro atoms. The third-order valence-corrected chi connectivity index (χ3v) is 3.71. The van der Waals surface area contributed by atoms with E-state index in [-0.39, 0.29) is 24.4 Å². The molecule has 0 aliphatic rings. The van der Waals surface area contributed by atoms with E-state index in [1.54, 1.807) is 12.1 Å². The molecule has 0 saturated heterocycles. The highest BCUT2D eigenvalue weighted by Crippen LogP contribution is 2.14. The number of hydrogen-bond donors (Lipinski definition) is 4. The molecule has 0 aliphatic heterocycles. The first-order chi connectivity index (χ1) is 9.88. The summed E-state index contributed by atoms with van der Waals surface area (Å²) in [6.45, 7) is 5.89. The summed E-state index contributed by atoms with van der Waals surface area (Å²) in [5.74, 6) is 0.236. The fraction of sp³-hybridized carbons (Fsp3) is 0.562. The van der Waals surface area contributed by atoms with Gasteiger partial charge in [0.1, 0.15) is 5.75 Å². The topological polar surface area (TPSA) is 81.6 Å². The lowest BCUT2D eigenvalue weighted by molar-refractivity contribution is 0.199. The second-order valence-corrected chi connectivity index (χ2v) is 5.76. The van der Waals surface area contributed by atoms with Gasteiger partial charge in [0.2, 0.25) is 0 Å². The molecule has 2 unspecified atom stereocenters. The Balaban J connectivity index is 2.48. The van der Waals surface area contributed by atoms with Gasteiger partial charge in [0.05, 0.1) is 0 Å². The summed E-state index contributed by atoms with van der Waals surface area (Å²) >= 11 is 0. The van der Waals surface area contributed by atoms with Crippen molar-refractivity contribution in [1.29, 1.82) is 0 Å². The number of carbonyl (C=O) groups excluding carboxylic acids is 1. The van der Waals surface area contributed by atoms with Crippen LogP contribution >= 0.6 is 0 Å². The minimum Gasteiger partial charge on any atom is -0.508 e. The van der Waals surface area contributed by atoms with Gasteiger partial charge in [-0.3, -0.25) is 0 Å². The van der Waals surface area contributed by atoms with E-state index in [4.69, 9.17) is 5.11 Å². The SMILES string of the molecule is CCC(C)(CCO)NC(=O)NC(C)Cc1ccc(O)cc1. The molecule has 4 N–H and O–H groups in total. The van der Waals surface area contributed by atoms with Crippen molar-refractivity contribution in [3.63, 3.8) is 0 Å². The number of aliphatic hydroxyl groups is 1. The third-order valence-electron chi connectivity index (χ3n) is 3.71. The summed E-state index contributed by atoms with van der Waals surface area (Å²) in [6.07, 6.45) is 1.98. The summed E-state index contributed by atoms with van der Waals surface area (Å²) in [5.41, 5.74) is 0.658. The maximum atomic E-state index is 12.0. The first kappa shape index (κ1) is 17.3. The normalized spacial score (nSPS) is 15.0. The van der Waals surface area contributed by atoms with Crippen molar-refractivity contribution in [2.24, 2.45) is 0 Å². The lowest BCUT2D eigenvalue weighted by Crippen LogP contribution is -2.52. The van der Waals surface area contributed by atoms with Crippen LogP contribution in [-0.4, -0.2) is 34.4 Å². The molecule has 2 amide bonds. The molecule has 5 nitrogen and oxygen atoms in total. The highest BCUT2D eigenvalue weighted by atomic mass is 16.3. The Bertz CT molecular complexity index is 447. The van der Waals surface area contributed by atoms with Crippen molar-refractivity contribution in [3.05, 3.63) is 29.8 Å². The van der Waals surface area contributed by atoms with E-state index < -0.39 is 5.54 Å². The number of rotatable bonds is 7. The molecule has 0 bridgehead atoms. The highest BCUT2D eigenvalue weighted by molar-refractivity contribution is 5.75. The Labute approximate surface area is 126 Å². The number of benzene rings is 1. The standard InChI is InChI=1S/C16H26N2O3/c1-4-16(3,9-10-19)18-15(21)17-12(2)11-13-5-7-14(20)8-6-13/h5-8,12,19-20H,4,9-11H2,1-3H3,(H2,17,18,21). The second kappa shape index (κ2) is 7.88. The molecule has 1 aromatic rings. The predicted molar refractivity (Wildman–Crippen MR) is 83.3 cm³/mol. The largest absolute Gasteiger partial charge is 0.508 e. The van der Waals surface area contributed by atoms with Crippen LogP contribution in [0, 0.1) is 0 Å². The van der Waals surface area contributed by atoms with Gasteiger partial charge in [0.25, 0.3) is 0 Å². The first-order valence-corrected chi connectivity index (χ1v) is 7.36. The van der Waals surface area contributed by atoms with Gasteiger partial charge in [-0.15, -0.1) is 0 Å². The molecular weight excluding hydrogens is 268 g/mol. The number of aromatic hydroxyl groups is 1. The number of phenolic OH excluding ortho intramolecular Hbond substituents is 1. The zero-order chi connectivity index (χ0) is 15.9. The summed E-state index contributed by atoms with van der Waals surface area (Å²) < 4.78 is 0. The molecule has 21 heavy (non-hydrogen) atoms. The number of phenols is 1. The van der Waals surface area contributed by atoms with Crippen LogP contribution in [0.15, 0.2) is 24.3 Å². The van der Waals surface area contributed by atoms with Crippen molar-refractivity contribution in [3.8, 4) is 5.75 Å². The zero-order valence-electron chi connectivity index (χ0n) is 13.0. The molecule has 1 aromatic carbocycles. The van der Waals surface area contributed by atoms with E-state index in [0.717, 1.165) is 12.0 Å². The summed E-state index contributed by atoms with van der Waals surface area (Å²) in [7, 11) is 0. The minimum absolute atomic E-state index is 0.0234. The first-order valence-electron chi connectivity index (χ1n) is 7.36. The third kappa shape index (κ3) is 6.04. The van der Waals surface area contributed by atoms with Crippen molar-refractivity contribution < 1.29 is 15.0 Å². The van der Waals surface area contributed by atoms with Crippen molar-refractivity contribution in [1.82, 2.24) is 10.6 Å². The Hall–Kier alpha value is -1.75. The van der Waals surface area contributed by atoms with Gasteiger partial charge in [-0.2, -0.15) is 0 Å². The molecule has 0 saturated carbocycles. The van der Waals surface area contributed by atoms with Crippen LogP contribution in [0.2, 0.25) is 0 Å². The van der Waals surface area contributed by atoms with Crippen LogP contribution in [0.1, 0.15) is 39.2 Å². The van der Waals surface area contributed by atoms with Gasteiger partial charge >= 0.3 is 6.03 Å². The van der Waals surface area contributed by atoms with Crippen LogP contribution in [0.3, 0.4) is 0 Å². The Morgan fingerprint density at radius 1 is 1.33 bits per heavy atom. The second-order valence-electron chi connectivity index (χ2n) is 5.76. The molecule has 0 fully saturated rings. The van der Waals surface area contributed by atoms with Gasteiger partial charge < -0.3 is 20.8 Å². The van der Waals surface area contributed by atoms with Crippen molar-refractivity contribution >= 4 is 6.03 Å². The lowest BCUT2D eigenvalue weighted by atomic mass is 9.95. The van der Waals surface area contributed by atoms with Crippen molar-refractivity contribution in [2.75, 3.05) is 6.61 Å². The number of urea groups is 1. The van der Waals surface area contributed by atoms with Crippen LogP contribution in [0.25, 0.3) is 0 Å². The molecule has 2 atom stereocenters. The number of aliphatic hydroxyl groups excluding tert-OH is 1. The maximum Gasteiger partial charge on any atom is 0.315 e. The zero-order valence-corrected chi connectivity index (χ0v) is 13.0. The number of nitrogens with one attached hydrogen (secondary N) is 2. The number of carbonyl (C=O) groups is 1. The summed E-state index contributed by atoms with van der Waals surface area (Å²) in [5, 5.41) is 24.1. The minimum atomic E-state index is -0.392. The van der Waals surface area contributed by atoms with E-state index in [1.807, 2.05) is 32.9 Å². The highest BCUT2D eigenvalue weighted by Gasteiger charge is 2.24. The van der Waals surface area contributed by atoms with E-state index in [0.29, 0.717) is 12.8 Å². The molecule has 0 radical (unpaired) electrons. The summed E-state index contributed by atoms with van der Waals surface area (Å²) in [6, 6.07) is 6.71. The molecule has 118 valence electrons. The molecule has 0 aromatic heterocycles. The quantitative estimate of drug-likeness (QED) is 0.622. The number of hydrogen-bond acceptors (Lipinski definition) is 3. The molecule has 1 rings (SSSR count). The average molecular weight is 294 g/mol. The fourth-order valence-electron chi connectivity index (χ4n) is 2.15. The van der Waals surface area contributed by atoms with E-state index in [9.17, 15) is 9.90 Å². The Kier molecular flexibility index (Phi) is 6.49. The van der Waals surface area contributed by atoms with Crippen LogP contribution in [-0.2, 0) is 6.42 Å². The van der Waals surface area contributed by atoms with Gasteiger partial charge in [0, 0.05) is 18.2 Å². The van der Waals surface area contributed by atoms with Gasteiger partial charge in [0.15, 0.2) is 0 Å². The van der Waals surface area contributed by atoms with Crippen LogP contribution in [0.4, 0.5) is 4.79 Å². The molecular formula is C16H26N2O3. The van der Waals surface area contributed by atoms with Crippen molar-refractivity contribution in [2.45, 2.75) is 51.6 Å². The smallest absolute Gasteiger partial charge is 0.315 e. The summed E-state index contributed by atoms with van der Waals surface area (Å²) in [4.78, 5) is 12.0. The number of amides is 2.